The summed E-state index contributed by atoms with van der Waals surface area (Å²) >= 11 is 0. The second-order valence-electron chi connectivity index (χ2n) is 6.98. The molecule has 0 bridgehead atoms. The highest BCUT2D eigenvalue weighted by Crippen LogP contribution is 2.32. The smallest absolute Gasteiger partial charge is 0.328 e. The van der Waals surface area contributed by atoms with Crippen LogP contribution in [0.5, 0.6) is 11.8 Å². The highest BCUT2D eigenvalue weighted by atomic mass is 19.2. The molecule has 0 amide bonds. The van der Waals surface area contributed by atoms with E-state index in [-0.39, 0.29) is 31.1 Å². The van der Waals surface area contributed by atoms with Crippen LogP contribution in [0, 0.1) is 29.1 Å². The number of halogens is 5. The topological polar surface area (TPSA) is 116 Å². The summed E-state index contributed by atoms with van der Waals surface area (Å²) in [5.41, 5.74) is 5.30. The van der Waals surface area contributed by atoms with Crippen molar-refractivity contribution in [2.75, 3.05) is 50.2 Å². The Labute approximate surface area is 185 Å². The SMILES string of the molecule is NCCOCCOCCNc1nc(NC2CCC2)nc(Oc2c(F)c(F)c(F)c(F)c2F)n1. The Kier molecular flexibility index (Phi) is 8.91. The van der Waals surface area contributed by atoms with Gasteiger partial charge in [-0.3, -0.25) is 0 Å². The molecule has 0 unspecified atom stereocenters. The zero-order chi connectivity index (χ0) is 23.8. The summed E-state index contributed by atoms with van der Waals surface area (Å²) in [5, 5.41) is 5.82. The Morgan fingerprint density at radius 2 is 1.39 bits per heavy atom. The molecule has 0 atom stereocenters. The molecule has 0 radical (unpaired) electrons. The highest BCUT2D eigenvalue weighted by Gasteiger charge is 2.28. The number of nitrogens with two attached hydrogens (primary N) is 1. The molecular weight excluding hydrogens is 455 g/mol. The first-order chi connectivity index (χ1) is 15.9. The van der Waals surface area contributed by atoms with Crippen molar-refractivity contribution in [3.05, 3.63) is 29.1 Å². The molecule has 1 aliphatic rings. The first-order valence-corrected chi connectivity index (χ1v) is 10.2. The number of ether oxygens (including phenoxy) is 3. The monoisotopic (exact) mass is 478 g/mol. The van der Waals surface area contributed by atoms with Gasteiger partial charge in [0.05, 0.1) is 26.4 Å². The number of aromatic nitrogens is 3. The number of anilines is 2. The van der Waals surface area contributed by atoms with E-state index in [1.54, 1.807) is 0 Å². The second-order valence-corrected chi connectivity index (χ2v) is 6.98. The Morgan fingerprint density at radius 3 is 2.00 bits per heavy atom. The van der Waals surface area contributed by atoms with Crippen LogP contribution in [0.3, 0.4) is 0 Å². The Morgan fingerprint density at radius 1 is 0.788 bits per heavy atom. The van der Waals surface area contributed by atoms with Gasteiger partial charge in [-0.25, -0.2) is 13.2 Å². The van der Waals surface area contributed by atoms with Crippen molar-refractivity contribution in [1.82, 2.24) is 15.0 Å². The van der Waals surface area contributed by atoms with Crippen molar-refractivity contribution in [3.8, 4) is 11.8 Å². The molecule has 1 aromatic carbocycles. The summed E-state index contributed by atoms with van der Waals surface area (Å²) in [6, 6.07) is -0.576. The quantitative estimate of drug-likeness (QED) is 0.173. The van der Waals surface area contributed by atoms with E-state index in [1.165, 1.54) is 0 Å². The van der Waals surface area contributed by atoms with Gasteiger partial charge < -0.3 is 30.6 Å². The average Bonchev–Trinajstić information content (AvgIpc) is 2.78. The van der Waals surface area contributed by atoms with Crippen LogP contribution in [0.15, 0.2) is 0 Å². The van der Waals surface area contributed by atoms with Crippen molar-refractivity contribution >= 4 is 11.9 Å². The van der Waals surface area contributed by atoms with E-state index < -0.39 is 40.8 Å². The molecule has 0 saturated heterocycles. The summed E-state index contributed by atoms with van der Waals surface area (Å²) < 4.78 is 83.6. The van der Waals surface area contributed by atoms with Crippen LogP contribution in [0.25, 0.3) is 0 Å². The predicted octanol–water partition coefficient (Wildman–Crippen LogP) is 2.73. The molecular formula is C19H23F5N6O3. The van der Waals surface area contributed by atoms with Crippen molar-refractivity contribution in [2.24, 2.45) is 5.73 Å². The van der Waals surface area contributed by atoms with E-state index in [0.29, 0.717) is 26.4 Å². The molecule has 4 N–H and O–H groups in total. The van der Waals surface area contributed by atoms with Crippen molar-refractivity contribution < 1.29 is 36.2 Å². The normalized spacial score (nSPS) is 13.6. The Bertz CT molecular complexity index is 922. The third-order valence-corrected chi connectivity index (χ3v) is 4.58. The largest absolute Gasteiger partial charge is 0.418 e. The lowest BCUT2D eigenvalue weighted by Crippen LogP contribution is -2.28. The van der Waals surface area contributed by atoms with Crippen molar-refractivity contribution in [1.29, 1.82) is 0 Å². The van der Waals surface area contributed by atoms with E-state index in [0.717, 1.165) is 19.3 Å². The summed E-state index contributed by atoms with van der Waals surface area (Å²) in [4.78, 5) is 11.9. The maximum atomic E-state index is 14.0. The van der Waals surface area contributed by atoms with E-state index in [2.05, 4.69) is 25.6 Å². The number of benzene rings is 1. The van der Waals surface area contributed by atoms with Crippen molar-refractivity contribution in [2.45, 2.75) is 25.3 Å². The van der Waals surface area contributed by atoms with Gasteiger partial charge in [-0.05, 0) is 19.3 Å². The van der Waals surface area contributed by atoms with Gasteiger partial charge in [0.1, 0.15) is 0 Å². The molecule has 0 spiro atoms. The fourth-order valence-corrected chi connectivity index (χ4v) is 2.69. The van der Waals surface area contributed by atoms with Gasteiger partial charge in [0.15, 0.2) is 0 Å². The van der Waals surface area contributed by atoms with Crippen molar-refractivity contribution in [3.63, 3.8) is 0 Å². The van der Waals surface area contributed by atoms with E-state index in [1.807, 2.05) is 0 Å². The lowest BCUT2D eigenvalue weighted by molar-refractivity contribution is 0.0547. The third kappa shape index (κ3) is 6.58. The highest BCUT2D eigenvalue weighted by molar-refractivity contribution is 5.39. The fraction of sp³-hybridized carbons (Fsp3) is 0.526. The third-order valence-electron chi connectivity index (χ3n) is 4.58. The molecule has 14 heteroatoms. The number of nitrogens with zero attached hydrogens (tertiary/aromatic N) is 3. The molecule has 1 aromatic heterocycles. The molecule has 3 rings (SSSR count). The second kappa shape index (κ2) is 11.9. The Balaban J connectivity index is 1.70. The number of hydrogen-bond acceptors (Lipinski definition) is 9. The van der Waals surface area contributed by atoms with Crippen LogP contribution in [-0.4, -0.2) is 60.5 Å². The molecule has 182 valence electrons. The van der Waals surface area contributed by atoms with Gasteiger partial charge in [-0.2, -0.15) is 23.7 Å². The molecule has 0 aliphatic heterocycles. The lowest BCUT2D eigenvalue weighted by atomic mass is 9.93. The first kappa shape index (κ1) is 24.8. The minimum absolute atomic E-state index is 0.0205. The molecule has 33 heavy (non-hydrogen) atoms. The fourth-order valence-electron chi connectivity index (χ4n) is 2.69. The maximum absolute atomic E-state index is 14.0. The standard InChI is InChI=1S/C19H23F5N6O3/c20-11-12(21)14(23)16(15(24)13(11)22)33-19-29-17(26-5-7-32-9-8-31-6-4-25)28-18(30-19)27-10-2-1-3-10/h10H,1-9,25H2,(H2,26,27,28,29,30). The molecule has 1 aliphatic carbocycles. The van der Waals surface area contributed by atoms with Gasteiger partial charge in [-0.1, -0.05) is 0 Å². The number of rotatable bonds is 13. The molecule has 1 heterocycles. The van der Waals surface area contributed by atoms with Crippen LogP contribution in [0.1, 0.15) is 19.3 Å². The van der Waals surface area contributed by atoms with Crippen LogP contribution < -0.4 is 21.1 Å². The van der Waals surface area contributed by atoms with E-state index >= 15 is 0 Å². The zero-order valence-electron chi connectivity index (χ0n) is 17.5. The van der Waals surface area contributed by atoms with Crippen LogP contribution >= 0.6 is 0 Å². The van der Waals surface area contributed by atoms with Crippen LogP contribution in [0.4, 0.5) is 33.8 Å². The van der Waals surface area contributed by atoms with Crippen LogP contribution in [-0.2, 0) is 9.47 Å². The van der Waals surface area contributed by atoms with Gasteiger partial charge in [0.2, 0.25) is 46.7 Å². The average molecular weight is 478 g/mol. The Hall–Kier alpha value is -2.84. The van der Waals surface area contributed by atoms with Gasteiger partial charge in [0, 0.05) is 19.1 Å². The molecule has 9 nitrogen and oxygen atoms in total. The maximum Gasteiger partial charge on any atom is 0.328 e. The van der Waals surface area contributed by atoms with Gasteiger partial charge >= 0.3 is 6.01 Å². The molecule has 2 aromatic rings. The van der Waals surface area contributed by atoms with Gasteiger partial charge in [-0.15, -0.1) is 0 Å². The lowest BCUT2D eigenvalue weighted by Gasteiger charge is -2.26. The molecule has 1 fully saturated rings. The predicted molar refractivity (Wildman–Crippen MR) is 107 cm³/mol. The molecule has 1 saturated carbocycles. The summed E-state index contributed by atoms with van der Waals surface area (Å²) in [6.07, 6.45) is 2.73. The first-order valence-electron chi connectivity index (χ1n) is 10.2. The number of nitrogens with one attached hydrogen (secondary N) is 2. The minimum atomic E-state index is -2.30. The summed E-state index contributed by atoms with van der Waals surface area (Å²) in [7, 11) is 0. The summed E-state index contributed by atoms with van der Waals surface area (Å²) in [6.45, 7) is 2.03. The number of hydrogen-bond donors (Lipinski definition) is 3. The van der Waals surface area contributed by atoms with E-state index in [4.69, 9.17) is 19.9 Å². The van der Waals surface area contributed by atoms with Crippen LogP contribution in [0.2, 0.25) is 0 Å². The van der Waals surface area contributed by atoms with Gasteiger partial charge in [0.25, 0.3) is 0 Å². The minimum Gasteiger partial charge on any atom is -0.418 e. The summed E-state index contributed by atoms with van der Waals surface area (Å²) in [5.74, 6) is -12.4. The van der Waals surface area contributed by atoms with E-state index in [9.17, 15) is 22.0 Å². The zero-order valence-corrected chi connectivity index (χ0v) is 17.5.